The molecule has 2 rings (SSSR count). The minimum atomic E-state index is -5.14. The van der Waals surface area contributed by atoms with Gasteiger partial charge in [0.2, 0.25) is 22.6 Å². The van der Waals surface area contributed by atoms with E-state index in [1.165, 1.54) is 19.1 Å². The predicted molar refractivity (Wildman–Crippen MR) is 155 cm³/mol. The summed E-state index contributed by atoms with van der Waals surface area (Å²) in [5, 5.41) is 14.3. The van der Waals surface area contributed by atoms with E-state index in [4.69, 9.17) is 8.56 Å². The van der Waals surface area contributed by atoms with Crippen molar-refractivity contribution in [2.24, 2.45) is 11.5 Å². The summed E-state index contributed by atoms with van der Waals surface area (Å²) in [6.45, 7) is 2.28. The molecule has 0 aliphatic rings. The molecule has 1 unspecified atom stereocenters. The third-order valence-electron chi connectivity index (χ3n) is 6.51. The number of rotatable bonds is 17. The van der Waals surface area contributed by atoms with Crippen molar-refractivity contribution in [3.63, 3.8) is 0 Å². The molecule has 13 nitrogen and oxygen atoms in total. The number of hydrogen-bond acceptors (Lipinski definition) is 9. The lowest BCUT2D eigenvalue weighted by Crippen LogP contribution is -2.62. The molecule has 0 bridgehead atoms. The summed E-state index contributed by atoms with van der Waals surface area (Å²) in [4.78, 5) is 49.0. The topological polar surface area (TPSA) is 231 Å². The first-order chi connectivity index (χ1) is 20.6. The maximum Gasteiger partial charge on any atom is 0.291 e. The van der Waals surface area contributed by atoms with Crippen LogP contribution in [0.2, 0.25) is 2.82 Å². The molecule has 0 radical (unpaired) electrons. The second-order valence-electron chi connectivity index (χ2n) is 9.93. The number of unbranched alkanes of at least 4 members (excludes halogenated alkanes) is 1. The minimum Gasteiger partial charge on any atom is -0.508 e. The Labute approximate surface area is 248 Å². The normalized spacial score (nSPS) is 15.6. The van der Waals surface area contributed by atoms with Crippen LogP contribution in [0.25, 0.3) is 0 Å². The van der Waals surface area contributed by atoms with Gasteiger partial charge >= 0.3 is 0 Å². The molecule has 42 heavy (non-hydrogen) atoms. The number of nitrogens with two attached hydrogens (primary N) is 2. The second-order valence-corrected chi connectivity index (χ2v) is 11.6. The number of carbonyl (C=O) groups excluding carboxylic acids is 4. The Hall–Kier alpha value is -3.85. The first-order valence-corrected chi connectivity index (χ1v) is 14.8. The standard InChI is InChI=1S/C28H39N5O8S/c1-3-4-14-28(30,42(39,40)41)25(36)23(16-19-8-6-5-7-9-19)33-24(35)17-31-26(37)18(2)32-27(38)22(29)15-20-10-12-21(34)13-11-20/h5-13,18,22-23,34H,3-4,14-17,29-30H2,1-2H3,(H,31,37)(H,32,38)(H,33,35)(H,39,40,41)/t18-,22-,23-,28?/m0/s1/i/hD2. The average molecular weight is 608 g/mol. The second kappa shape index (κ2) is 15.4. The Kier molecular flexibility index (Phi) is 11.4. The van der Waals surface area contributed by atoms with Crippen molar-refractivity contribution in [1.82, 2.24) is 15.9 Å². The van der Waals surface area contributed by atoms with Crippen molar-refractivity contribution in [3.05, 3.63) is 65.7 Å². The van der Waals surface area contributed by atoms with E-state index in [2.05, 4.69) is 16.4 Å². The molecule has 0 aliphatic heterocycles. The molecular weight excluding hydrogens is 566 g/mol. The Morgan fingerprint density at radius 3 is 2.21 bits per heavy atom. The van der Waals surface area contributed by atoms with Crippen LogP contribution >= 0.6 is 0 Å². The molecule has 3 amide bonds. The molecule has 0 heterocycles. The molecule has 0 aliphatic carbocycles. The number of carbonyl (C=O) groups is 4. The molecule has 14 heteroatoms. The van der Waals surface area contributed by atoms with E-state index in [0.717, 1.165) is 0 Å². The van der Waals surface area contributed by atoms with Gasteiger partial charge in [0.25, 0.3) is 10.1 Å². The summed E-state index contributed by atoms with van der Waals surface area (Å²) in [7, 11) is -5.14. The van der Waals surface area contributed by atoms with Gasteiger partial charge < -0.3 is 32.5 Å². The smallest absolute Gasteiger partial charge is 0.291 e. The summed E-state index contributed by atoms with van der Waals surface area (Å²) in [6, 6.07) is 10.2. The molecule has 0 spiro atoms. The molecule has 0 saturated carbocycles. The lowest BCUT2D eigenvalue weighted by molar-refractivity contribution is -0.131. The number of benzene rings is 2. The summed E-state index contributed by atoms with van der Waals surface area (Å²) < 4.78 is 50.2. The average Bonchev–Trinajstić information content (AvgIpc) is 2.99. The number of hydrogen-bond donors (Lipinski definition) is 7. The van der Waals surface area contributed by atoms with Gasteiger partial charge in [0.05, 0.1) is 18.6 Å². The van der Waals surface area contributed by atoms with Crippen molar-refractivity contribution in [2.45, 2.75) is 68.9 Å². The van der Waals surface area contributed by atoms with Crippen LogP contribution in [0.4, 0.5) is 0 Å². The van der Waals surface area contributed by atoms with Gasteiger partial charge in [0.15, 0.2) is 7.20 Å². The van der Waals surface area contributed by atoms with Gasteiger partial charge in [-0.2, -0.15) is 8.42 Å². The van der Waals surface area contributed by atoms with Crippen molar-refractivity contribution < 1.29 is 40.1 Å². The molecule has 230 valence electrons. The van der Waals surface area contributed by atoms with Crippen LogP contribution < -0.4 is 27.4 Å². The molecule has 2 aromatic carbocycles. The van der Waals surface area contributed by atoms with Crippen LogP contribution in [-0.4, -0.2) is 71.1 Å². The van der Waals surface area contributed by atoms with Gasteiger partial charge in [-0.1, -0.05) is 62.2 Å². The van der Waals surface area contributed by atoms with Gasteiger partial charge in [0.1, 0.15) is 13.2 Å². The SMILES string of the molecule is [2H]N[C@@H](Cc1ccc(O)cc1)C(=O)N[C@@H](C)C(=O)NCC(=O)N([2H])[C@@H](Cc1ccccc1)C(=O)C(N)(CCCC)S(=O)(=O)O. The highest BCUT2D eigenvalue weighted by Crippen LogP contribution is 2.22. The van der Waals surface area contributed by atoms with Crippen molar-refractivity contribution in [2.75, 3.05) is 6.54 Å². The Morgan fingerprint density at radius 2 is 1.64 bits per heavy atom. The van der Waals surface area contributed by atoms with Gasteiger partial charge in [0, 0.05) is 0 Å². The first kappa shape index (κ1) is 31.1. The van der Waals surface area contributed by atoms with E-state index < -0.39 is 69.6 Å². The number of ketones is 1. The van der Waals surface area contributed by atoms with Crippen molar-refractivity contribution in [3.8, 4) is 5.75 Å². The quantitative estimate of drug-likeness (QED) is 0.118. The van der Waals surface area contributed by atoms with E-state index in [9.17, 15) is 37.3 Å². The fraction of sp³-hybridized carbons (Fsp3) is 0.429. The Balaban J connectivity index is 2.13. The van der Waals surface area contributed by atoms with Crippen LogP contribution in [0.15, 0.2) is 54.6 Å². The highest BCUT2D eigenvalue weighted by molar-refractivity contribution is 7.88. The summed E-state index contributed by atoms with van der Waals surface area (Å²) in [5.41, 5.74) is 9.18. The lowest BCUT2D eigenvalue weighted by Gasteiger charge is -2.29. The minimum absolute atomic E-state index is 0.0349. The number of aromatic hydroxyl groups is 1. The van der Waals surface area contributed by atoms with Gasteiger partial charge in [-0.05, 0) is 49.4 Å². The number of phenols is 1. The van der Waals surface area contributed by atoms with Crippen molar-refractivity contribution in [1.29, 1.82) is 0 Å². The fourth-order valence-corrected chi connectivity index (χ4v) is 4.80. The number of phenolic OH excluding ortho intramolecular Hbond substituents is 1. The monoisotopic (exact) mass is 607 g/mol. The van der Waals surface area contributed by atoms with E-state index in [1.807, 2.05) is 0 Å². The predicted octanol–water partition coefficient (Wildman–Crippen LogP) is -0.0875. The van der Waals surface area contributed by atoms with E-state index in [0.29, 0.717) is 17.5 Å². The fourth-order valence-electron chi connectivity index (χ4n) is 4.01. The van der Waals surface area contributed by atoms with E-state index >= 15 is 0 Å². The maximum atomic E-state index is 13.5. The zero-order valence-electron chi connectivity index (χ0n) is 25.4. The summed E-state index contributed by atoms with van der Waals surface area (Å²) in [5.74, 6) is -3.80. The molecule has 2 aromatic rings. The number of nitrogens with one attached hydrogen (secondary N) is 3. The van der Waals surface area contributed by atoms with E-state index in [-0.39, 0.29) is 30.3 Å². The largest absolute Gasteiger partial charge is 0.508 e. The third kappa shape index (κ3) is 9.91. The molecule has 0 saturated heterocycles. The zero-order valence-corrected chi connectivity index (χ0v) is 24.3. The van der Waals surface area contributed by atoms with Crippen LogP contribution in [0.3, 0.4) is 0 Å². The zero-order chi connectivity index (χ0) is 33.1. The molecule has 0 aromatic heterocycles. The number of amides is 3. The van der Waals surface area contributed by atoms with Crippen molar-refractivity contribution >= 4 is 33.6 Å². The van der Waals surface area contributed by atoms with Crippen LogP contribution in [-0.2, 0) is 42.1 Å². The van der Waals surface area contributed by atoms with E-state index in [1.54, 1.807) is 49.4 Å². The highest BCUT2D eigenvalue weighted by Gasteiger charge is 2.48. The summed E-state index contributed by atoms with van der Waals surface area (Å²) in [6.07, 6.45) is -0.0403. The third-order valence-corrected chi connectivity index (χ3v) is 7.84. The van der Waals surface area contributed by atoms with Crippen LogP contribution in [0, 0.1) is 0 Å². The summed E-state index contributed by atoms with van der Waals surface area (Å²) >= 11 is 0. The molecular formula is C28H39N5O8S. The first-order valence-electron chi connectivity index (χ1n) is 14.3. The van der Waals surface area contributed by atoms with Gasteiger partial charge in [-0.3, -0.25) is 23.7 Å². The van der Waals surface area contributed by atoms with Gasteiger partial charge in [-0.15, -0.1) is 0 Å². The molecule has 4 atom stereocenters. The van der Waals surface area contributed by atoms with Gasteiger partial charge in [-0.25, -0.2) is 0 Å². The molecule has 9 N–H and O–H groups in total. The lowest BCUT2D eigenvalue weighted by atomic mass is 9.95. The maximum absolute atomic E-state index is 13.5. The van der Waals surface area contributed by atoms with Crippen LogP contribution in [0.5, 0.6) is 5.75 Å². The van der Waals surface area contributed by atoms with Crippen LogP contribution in [0.1, 0.15) is 44.2 Å². The number of Topliss-reactive ketones (excluding diaryl/α,β-unsaturated/α-hetero) is 1. The Morgan fingerprint density at radius 1 is 1.02 bits per heavy atom. The molecule has 0 fully saturated rings. The highest BCUT2D eigenvalue weighted by atomic mass is 32.2. The Bertz CT molecular complexity index is 1400.